The fourth-order valence-corrected chi connectivity index (χ4v) is 1.93. The number of pyridine rings is 2. The van der Waals surface area contributed by atoms with Crippen LogP contribution in [0.1, 0.15) is 21.6 Å². The number of carbonyl (C=O) groups excluding carboxylic acids is 1. The molecule has 0 saturated carbocycles. The maximum Gasteiger partial charge on any atom is 0.257 e. The van der Waals surface area contributed by atoms with Crippen molar-refractivity contribution >= 4 is 27.5 Å². The Labute approximate surface area is 114 Å². The number of aromatic nitrogens is 2. The van der Waals surface area contributed by atoms with Gasteiger partial charge in [0.1, 0.15) is 4.60 Å². The van der Waals surface area contributed by atoms with Crippen molar-refractivity contribution in [3.63, 3.8) is 0 Å². The van der Waals surface area contributed by atoms with E-state index in [0.717, 1.165) is 15.9 Å². The standard InChI is InChI=1S/C13H12BrN3O/c1-8-5-10(7-15-6-8)13(18)17-11-3-4-12(14)16-9(11)2/h3-7H,1-2H3,(H,17,18). The van der Waals surface area contributed by atoms with Gasteiger partial charge in [0.25, 0.3) is 5.91 Å². The van der Waals surface area contributed by atoms with Crippen LogP contribution >= 0.6 is 15.9 Å². The van der Waals surface area contributed by atoms with Crippen molar-refractivity contribution in [1.82, 2.24) is 9.97 Å². The topological polar surface area (TPSA) is 54.9 Å². The minimum Gasteiger partial charge on any atom is -0.320 e. The molecule has 0 bridgehead atoms. The zero-order valence-corrected chi connectivity index (χ0v) is 11.7. The molecule has 92 valence electrons. The average Bonchev–Trinajstić information content (AvgIpc) is 2.32. The molecule has 1 amide bonds. The Bertz CT molecular complexity index is 599. The normalized spacial score (nSPS) is 10.2. The lowest BCUT2D eigenvalue weighted by Crippen LogP contribution is -2.13. The van der Waals surface area contributed by atoms with Crippen molar-refractivity contribution in [3.05, 3.63) is 52.0 Å². The van der Waals surface area contributed by atoms with Gasteiger partial charge in [0.2, 0.25) is 0 Å². The summed E-state index contributed by atoms with van der Waals surface area (Å²) in [6.45, 7) is 3.74. The molecule has 2 heterocycles. The van der Waals surface area contributed by atoms with E-state index in [0.29, 0.717) is 11.3 Å². The van der Waals surface area contributed by atoms with Gasteiger partial charge in [-0.05, 0) is 53.5 Å². The third kappa shape index (κ3) is 2.92. The Morgan fingerprint density at radius 2 is 2.06 bits per heavy atom. The smallest absolute Gasteiger partial charge is 0.257 e. The van der Waals surface area contributed by atoms with Crippen LogP contribution in [0.15, 0.2) is 35.2 Å². The molecule has 0 atom stereocenters. The molecule has 2 rings (SSSR count). The molecule has 4 nitrogen and oxygen atoms in total. The van der Waals surface area contributed by atoms with E-state index in [2.05, 4.69) is 31.2 Å². The van der Waals surface area contributed by atoms with E-state index in [1.54, 1.807) is 24.5 Å². The molecule has 0 fully saturated rings. The number of hydrogen-bond acceptors (Lipinski definition) is 3. The number of carbonyl (C=O) groups is 1. The summed E-state index contributed by atoms with van der Waals surface area (Å²) in [5.74, 6) is -0.182. The quantitative estimate of drug-likeness (QED) is 0.867. The number of nitrogens with zero attached hydrogens (tertiary/aromatic N) is 2. The summed E-state index contributed by atoms with van der Waals surface area (Å²) < 4.78 is 0.746. The predicted octanol–water partition coefficient (Wildman–Crippen LogP) is 3.11. The second kappa shape index (κ2) is 5.27. The molecule has 0 spiro atoms. The zero-order chi connectivity index (χ0) is 13.1. The van der Waals surface area contributed by atoms with Gasteiger partial charge in [-0.1, -0.05) is 0 Å². The van der Waals surface area contributed by atoms with Crippen molar-refractivity contribution in [3.8, 4) is 0 Å². The maximum absolute atomic E-state index is 12.0. The van der Waals surface area contributed by atoms with Gasteiger partial charge in [-0.25, -0.2) is 4.98 Å². The Kier molecular flexibility index (Phi) is 3.72. The Morgan fingerprint density at radius 1 is 1.28 bits per heavy atom. The lowest BCUT2D eigenvalue weighted by Gasteiger charge is -2.08. The first kappa shape index (κ1) is 12.7. The lowest BCUT2D eigenvalue weighted by molar-refractivity contribution is 0.102. The van der Waals surface area contributed by atoms with Crippen molar-refractivity contribution in [2.75, 3.05) is 5.32 Å². The largest absolute Gasteiger partial charge is 0.320 e. The second-order valence-electron chi connectivity index (χ2n) is 3.97. The van der Waals surface area contributed by atoms with Crippen LogP contribution < -0.4 is 5.32 Å². The molecule has 0 aliphatic carbocycles. The minimum absolute atomic E-state index is 0.182. The molecule has 0 aromatic carbocycles. The summed E-state index contributed by atoms with van der Waals surface area (Å²) in [7, 11) is 0. The van der Waals surface area contributed by atoms with Gasteiger partial charge in [0.15, 0.2) is 0 Å². The molecule has 0 unspecified atom stereocenters. The molecule has 1 N–H and O–H groups in total. The Morgan fingerprint density at radius 3 is 2.72 bits per heavy atom. The van der Waals surface area contributed by atoms with Crippen LogP contribution in [0.3, 0.4) is 0 Å². The number of anilines is 1. The number of halogens is 1. The van der Waals surface area contributed by atoms with Crippen molar-refractivity contribution in [2.24, 2.45) is 0 Å². The van der Waals surface area contributed by atoms with Crippen molar-refractivity contribution in [1.29, 1.82) is 0 Å². The van der Waals surface area contributed by atoms with Crippen LogP contribution in [-0.2, 0) is 0 Å². The fraction of sp³-hybridized carbons (Fsp3) is 0.154. The van der Waals surface area contributed by atoms with Gasteiger partial charge in [0.05, 0.1) is 16.9 Å². The van der Waals surface area contributed by atoms with E-state index in [1.165, 1.54) is 0 Å². The van der Waals surface area contributed by atoms with E-state index in [1.807, 2.05) is 19.9 Å². The summed E-state index contributed by atoms with van der Waals surface area (Å²) in [6, 6.07) is 5.40. The zero-order valence-electron chi connectivity index (χ0n) is 10.1. The summed E-state index contributed by atoms with van der Waals surface area (Å²) in [6.07, 6.45) is 3.26. The molecule has 2 aromatic rings. The third-order valence-corrected chi connectivity index (χ3v) is 2.88. The van der Waals surface area contributed by atoms with Crippen LogP contribution in [-0.4, -0.2) is 15.9 Å². The van der Waals surface area contributed by atoms with Gasteiger partial charge in [-0.2, -0.15) is 0 Å². The number of aryl methyl sites for hydroxylation is 2. The number of rotatable bonds is 2. The van der Waals surface area contributed by atoms with Gasteiger partial charge < -0.3 is 5.32 Å². The highest BCUT2D eigenvalue weighted by Crippen LogP contribution is 2.17. The van der Waals surface area contributed by atoms with Crippen LogP contribution in [0.4, 0.5) is 5.69 Å². The monoisotopic (exact) mass is 305 g/mol. The molecule has 0 saturated heterocycles. The number of nitrogens with one attached hydrogen (secondary N) is 1. The maximum atomic E-state index is 12.0. The SMILES string of the molecule is Cc1cncc(C(=O)Nc2ccc(Br)nc2C)c1. The van der Waals surface area contributed by atoms with Crippen LogP contribution in [0.5, 0.6) is 0 Å². The minimum atomic E-state index is -0.182. The first-order valence-electron chi connectivity index (χ1n) is 5.42. The first-order valence-corrected chi connectivity index (χ1v) is 6.22. The van der Waals surface area contributed by atoms with E-state index in [4.69, 9.17) is 0 Å². The van der Waals surface area contributed by atoms with E-state index >= 15 is 0 Å². The van der Waals surface area contributed by atoms with E-state index < -0.39 is 0 Å². The third-order valence-electron chi connectivity index (χ3n) is 2.44. The molecule has 0 radical (unpaired) electrons. The first-order chi connectivity index (χ1) is 8.56. The highest BCUT2D eigenvalue weighted by atomic mass is 79.9. The summed E-state index contributed by atoms with van der Waals surface area (Å²) >= 11 is 3.28. The highest BCUT2D eigenvalue weighted by Gasteiger charge is 2.08. The van der Waals surface area contributed by atoms with E-state index in [9.17, 15) is 4.79 Å². The van der Waals surface area contributed by atoms with Crippen molar-refractivity contribution < 1.29 is 4.79 Å². The molecule has 18 heavy (non-hydrogen) atoms. The number of hydrogen-bond donors (Lipinski definition) is 1. The summed E-state index contributed by atoms with van der Waals surface area (Å²) in [5, 5.41) is 2.82. The van der Waals surface area contributed by atoms with Gasteiger partial charge in [0, 0.05) is 12.4 Å². The molecular formula is C13H12BrN3O. The highest BCUT2D eigenvalue weighted by molar-refractivity contribution is 9.10. The summed E-state index contributed by atoms with van der Waals surface area (Å²) in [5.41, 5.74) is 2.95. The number of amides is 1. The van der Waals surface area contributed by atoms with E-state index in [-0.39, 0.29) is 5.91 Å². The van der Waals surface area contributed by atoms with Gasteiger partial charge in [-0.3, -0.25) is 9.78 Å². The van der Waals surface area contributed by atoms with Gasteiger partial charge >= 0.3 is 0 Å². The summed E-state index contributed by atoms with van der Waals surface area (Å²) in [4.78, 5) is 20.2. The molecular weight excluding hydrogens is 294 g/mol. The Balaban J connectivity index is 2.21. The molecule has 0 aliphatic heterocycles. The van der Waals surface area contributed by atoms with Crippen LogP contribution in [0.25, 0.3) is 0 Å². The lowest BCUT2D eigenvalue weighted by atomic mass is 10.2. The van der Waals surface area contributed by atoms with Gasteiger partial charge in [-0.15, -0.1) is 0 Å². The Hall–Kier alpha value is -1.75. The van der Waals surface area contributed by atoms with Crippen LogP contribution in [0.2, 0.25) is 0 Å². The molecule has 0 aliphatic rings. The van der Waals surface area contributed by atoms with Crippen molar-refractivity contribution in [2.45, 2.75) is 13.8 Å². The fourth-order valence-electron chi connectivity index (χ4n) is 1.54. The average molecular weight is 306 g/mol. The molecule has 2 aromatic heterocycles. The second-order valence-corrected chi connectivity index (χ2v) is 4.78. The predicted molar refractivity (Wildman–Crippen MR) is 73.6 cm³/mol. The molecule has 5 heteroatoms. The van der Waals surface area contributed by atoms with Crippen LogP contribution in [0, 0.1) is 13.8 Å².